The molecule has 0 radical (unpaired) electrons. The standard InChI is InChI=1S/C21H27BrN2O3/c1-24(2)20(16-7-4-9-18(13-16)26-3)15-23-21(25)11-6-12-27-19-10-5-8-17(22)14-19/h4-5,7-10,13-14,20H,6,11-12,15H2,1-3H3,(H,23,25). The van der Waals surface area contributed by atoms with Crippen LogP contribution in [-0.2, 0) is 4.79 Å². The second-order valence-corrected chi connectivity index (χ2v) is 7.39. The second kappa shape index (κ2) is 10.9. The summed E-state index contributed by atoms with van der Waals surface area (Å²) in [7, 11) is 5.66. The van der Waals surface area contributed by atoms with Crippen LogP contribution < -0.4 is 14.8 Å². The molecule has 0 spiro atoms. The van der Waals surface area contributed by atoms with Gasteiger partial charge in [-0.15, -0.1) is 0 Å². The van der Waals surface area contributed by atoms with Crippen molar-refractivity contribution in [3.05, 3.63) is 58.6 Å². The number of nitrogens with one attached hydrogen (secondary N) is 1. The average molecular weight is 435 g/mol. The number of rotatable bonds is 10. The van der Waals surface area contributed by atoms with Crippen LogP contribution in [0.15, 0.2) is 53.0 Å². The van der Waals surface area contributed by atoms with Crippen molar-refractivity contribution < 1.29 is 14.3 Å². The van der Waals surface area contributed by atoms with E-state index in [1.165, 1.54) is 0 Å². The first-order chi connectivity index (χ1) is 13.0. The number of likely N-dealkylation sites (N-methyl/N-ethyl adjacent to an activating group) is 1. The molecule has 0 heterocycles. The molecule has 0 aliphatic heterocycles. The zero-order valence-corrected chi connectivity index (χ0v) is 17.7. The van der Waals surface area contributed by atoms with Gasteiger partial charge in [0.15, 0.2) is 0 Å². The molecule has 0 saturated heterocycles. The molecule has 5 nitrogen and oxygen atoms in total. The van der Waals surface area contributed by atoms with Gasteiger partial charge in [-0.05, 0) is 56.4 Å². The maximum Gasteiger partial charge on any atom is 0.220 e. The van der Waals surface area contributed by atoms with E-state index < -0.39 is 0 Å². The number of nitrogens with zero attached hydrogens (tertiary/aromatic N) is 1. The van der Waals surface area contributed by atoms with Crippen molar-refractivity contribution in [3.63, 3.8) is 0 Å². The third-order valence-electron chi connectivity index (χ3n) is 4.21. The molecule has 0 aliphatic rings. The summed E-state index contributed by atoms with van der Waals surface area (Å²) in [5, 5.41) is 3.02. The number of carbonyl (C=O) groups excluding carboxylic acids is 1. The number of amides is 1. The van der Waals surface area contributed by atoms with Gasteiger partial charge in [0, 0.05) is 17.4 Å². The highest BCUT2D eigenvalue weighted by molar-refractivity contribution is 9.10. The molecule has 0 fully saturated rings. The number of carbonyl (C=O) groups is 1. The van der Waals surface area contributed by atoms with Crippen LogP contribution in [0, 0.1) is 0 Å². The zero-order chi connectivity index (χ0) is 19.6. The van der Waals surface area contributed by atoms with Gasteiger partial charge in [-0.1, -0.05) is 34.1 Å². The monoisotopic (exact) mass is 434 g/mol. The van der Waals surface area contributed by atoms with Crippen LogP contribution in [0.25, 0.3) is 0 Å². The molecule has 6 heteroatoms. The first-order valence-electron chi connectivity index (χ1n) is 8.95. The van der Waals surface area contributed by atoms with Crippen molar-refractivity contribution in [1.82, 2.24) is 10.2 Å². The number of benzene rings is 2. The van der Waals surface area contributed by atoms with Crippen molar-refractivity contribution >= 4 is 21.8 Å². The largest absolute Gasteiger partial charge is 0.497 e. The molecule has 1 atom stereocenters. The molecule has 2 aromatic carbocycles. The van der Waals surface area contributed by atoms with Crippen LogP contribution in [0.1, 0.15) is 24.4 Å². The Morgan fingerprint density at radius 2 is 1.89 bits per heavy atom. The van der Waals surface area contributed by atoms with Gasteiger partial charge in [0.2, 0.25) is 5.91 Å². The summed E-state index contributed by atoms with van der Waals surface area (Å²) in [6.45, 7) is 1.06. The maximum atomic E-state index is 12.2. The first kappa shape index (κ1) is 21.3. The van der Waals surface area contributed by atoms with Crippen molar-refractivity contribution in [3.8, 4) is 11.5 Å². The van der Waals surface area contributed by atoms with Crippen LogP contribution in [0.5, 0.6) is 11.5 Å². The van der Waals surface area contributed by atoms with Crippen molar-refractivity contribution in [1.29, 1.82) is 0 Å². The van der Waals surface area contributed by atoms with E-state index in [2.05, 4.69) is 26.1 Å². The molecule has 0 bridgehead atoms. The number of ether oxygens (including phenoxy) is 2. The van der Waals surface area contributed by atoms with Gasteiger partial charge in [-0.2, -0.15) is 0 Å². The van der Waals surface area contributed by atoms with Gasteiger partial charge in [0.1, 0.15) is 11.5 Å². The third kappa shape index (κ3) is 7.23. The molecule has 1 unspecified atom stereocenters. The Bertz CT molecular complexity index is 737. The summed E-state index contributed by atoms with van der Waals surface area (Å²) in [6.07, 6.45) is 1.11. The Morgan fingerprint density at radius 3 is 2.59 bits per heavy atom. The molecule has 0 aliphatic carbocycles. The SMILES string of the molecule is COc1cccc(C(CNC(=O)CCCOc2cccc(Br)c2)N(C)C)c1. The van der Waals surface area contributed by atoms with E-state index in [1.807, 2.05) is 62.6 Å². The van der Waals surface area contributed by atoms with Crippen LogP contribution in [0.2, 0.25) is 0 Å². The molecule has 2 rings (SSSR count). The van der Waals surface area contributed by atoms with Gasteiger partial charge in [0.05, 0.1) is 19.8 Å². The average Bonchev–Trinajstić information content (AvgIpc) is 2.65. The van der Waals surface area contributed by atoms with Crippen LogP contribution in [0.3, 0.4) is 0 Å². The Hall–Kier alpha value is -2.05. The van der Waals surface area contributed by atoms with Gasteiger partial charge >= 0.3 is 0 Å². The quantitative estimate of drug-likeness (QED) is 0.573. The predicted molar refractivity (Wildman–Crippen MR) is 111 cm³/mol. The zero-order valence-electron chi connectivity index (χ0n) is 16.1. The molecule has 27 heavy (non-hydrogen) atoms. The van der Waals surface area contributed by atoms with E-state index >= 15 is 0 Å². The highest BCUT2D eigenvalue weighted by Crippen LogP contribution is 2.22. The molecule has 1 amide bonds. The fourth-order valence-corrected chi connectivity index (χ4v) is 3.10. The van der Waals surface area contributed by atoms with E-state index in [-0.39, 0.29) is 11.9 Å². The van der Waals surface area contributed by atoms with E-state index in [1.54, 1.807) is 7.11 Å². The lowest BCUT2D eigenvalue weighted by Crippen LogP contribution is -2.34. The van der Waals surface area contributed by atoms with Crippen LogP contribution >= 0.6 is 15.9 Å². The molecule has 146 valence electrons. The van der Waals surface area contributed by atoms with Crippen molar-refractivity contribution in [2.45, 2.75) is 18.9 Å². The third-order valence-corrected chi connectivity index (χ3v) is 4.70. The van der Waals surface area contributed by atoms with Crippen LogP contribution in [-0.4, -0.2) is 45.2 Å². The summed E-state index contributed by atoms with van der Waals surface area (Å²) in [5.41, 5.74) is 1.11. The molecular weight excluding hydrogens is 408 g/mol. The highest BCUT2D eigenvalue weighted by Gasteiger charge is 2.16. The lowest BCUT2D eigenvalue weighted by Gasteiger charge is -2.25. The Kier molecular flexibility index (Phi) is 8.61. The minimum Gasteiger partial charge on any atom is -0.497 e. The molecule has 1 N–H and O–H groups in total. The fraction of sp³-hybridized carbons (Fsp3) is 0.381. The van der Waals surface area contributed by atoms with E-state index in [0.717, 1.165) is 21.5 Å². The maximum absolute atomic E-state index is 12.2. The second-order valence-electron chi connectivity index (χ2n) is 6.47. The van der Waals surface area contributed by atoms with E-state index in [9.17, 15) is 4.79 Å². The van der Waals surface area contributed by atoms with Crippen LogP contribution in [0.4, 0.5) is 0 Å². The Balaban J connectivity index is 1.76. The van der Waals surface area contributed by atoms with Gasteiger partial charge in [0.25, 0.3) is 0 Å². The van der Waals surface area contributed by atoms with Crippen molar-refractivity contribution in [2.24, 2.45) is 0 Å². The minimum absolute atomic E-state index is 0.0302. The number of methoxy groups -OCH3 is 1. The highest BCUT2D eigenvalue weighted by atomic mass is 79.9. The number of hydrogen-bond acceptors (Lipinski definition) is 4. The van der Waals surface area contributed by atoms with E-state index in [0.29, 0.717) is 26.0 Å². The lowest BCUT2D eigenvalue weighted by molar-refractivity contribution is -0.121. The molecule has 2 aromatic rings. The summed E-state index contributed by atoms with van der Waals surface area (Å²) in [4.78, 5) is 14.3. The smallest absolute Gasteiger partial charge is 0.220 e. The lowest BCUT2D eigenvalue weighted by atomic mass is 10.1. The number of halogens is 1. The Labute approximate surface area is 169 Å². The van der Waals surface area contributed by atoms with E-state index in [4.69, 9.17) is 9.47 Å². The van der Waals surface area contributed by atoms with Gasteiger partial charge < -0.3 is 19.7 Å². The molecule has 0 aromatic heterocycles. The van der Waals surface area contributed by atoms with Gasteiger partial charge in [-0.3, -0.25) is 4.79 Å². The first-order valence-corrected chi connectivity index (χ1v) is 9.74. The molecular formula is C21H27BrN2O3. The normalized spacial score (nSPS) is 11.9. The fourth-order valence-electron chi connectivity index (χ4n) is 2.73. The Morgan fingerprint density at radius 1 is 1.15 bits per heavy atom. The minimum atomic E-state index is 0.0302. The summed E-state index contributed by atoms with van der Waals surface area (Å²) < 4.78 is 11.9. The summed E-state index contributed by atoms with van der Waals surface area (Å²) in [5.74, 6) is 1.65. The molecule has 0 saturated carbocycles. The number of hydrogen-bond donors (Lipinski definition) is 1. The predicted octanol–water partition coefficient (Wildman–Crippen LogP) is 4.04. The topological polar surface area (TPSA) is 50.8 Å². The summed E-state index contributed by atoms with van der Waals surface area (Å²) in [6, 6.07) is 15.7. The van der Waals surface area contributed by atoms with Gasteiger partial charge in [-0.25, -0.2) is 0 Å². The van der Waals surface area contributed by atoms with Crippen molar-refractivity contribution in [2.75, 3.05) is 34.4 Å². The summed E-state index contributed by atoms with van der Waals surface area (Å²) >= 11 is 3.41.